The van der Waals surface area contributed by atoms with Crippen LogP contribution in [-0.4, -0.2) is 40.8 Å². The molecule has 7 heteroatoms. The first-order chi connectivity index (χ1) is 9.97. The Bertz CT molecular complexity index is 559. The van der Waals surface area contributed by atoms with Crippen LogP contribution in [0.2, 0.25) is 0 Å². The number of nitrogens with one attached hydrogen (secondary N) is 1. The standard InChI is InChI=1S/C14H18N4O2S/c15-13(20)11-2-1-7-18(11)8-12(19)17-10-5-3-9(4-6-10)14(16)21/h3-6,11H,1-2,7-8H2,(H2,15,20)(H2,16,21)(H,17,19). The summed E-state index contributed by atoms with van der Waals surface area (Å²) in [6, 6.07) is 6.64. The average molecular weight is 306 g/mol. The van der Waals surface area contributed by atoms with E-state index in [9.17, 15) is 9.59 Å². The van der Waals surface area contributed by atoms with Gasteiger partial charge in [-0.25, -0.2) is 0 Å². The lowest BCUT2D eigenvalue weighted by Crippen LogP contribution is -2.43. The number of likely N-dealkylation sites (tertiary alicyclic amines) is 1. The summed E-state index contributed by atoms with van der Waals surface area (Å²) in [7, 11) is 0. The van der Waals surface area contributed by atoms with Gasteiger partial charge in [-0.2, -0.15) is 0 Å². The van der Waals surface area contributed by atoms with Crippen LogP contribution in [0.3, 0.4) is 0 Å². The van der Waals surface area contributed by atoms with Crippen molar-refractivity contribution in [1.82, 2.24) is 4.90 Å². The molecule has 6 nitrogen and oxygen atoms in total. The van der Waals surface area contributed by atoms with Gasteiger partial charge in [0, 0.05) is 11.3 Å². The summed E-state index contributed by atoms with van der Waals surface area (Å²) in [5, 5.41) is 2.78. The summed E-state index contributed by atoms with van der Waals surface area (Å²) in [6.07, 6.45) is 1.59. The molecule has 0 bridgehead atoms. The summed E-state index contributed by atoms with van der Waals surface area (Å²) in [6.45, 7) is 0.867. The zero-order valence-electron chi connectivity index (χ0n) is 11.5. The van der Waals surface area contributed by atoms with Crippen molar-refractivity contribution in [1.29, 1.82) is 0 Å². The van der Waals surface area contributed by atoms with Gasteiger partial charge >= 0.3 is 0 Å². The molecule has 1 aliphatic rings. The molecule has 1 aromatic rings. The zero-order valence-corrected chi connectivity index (χ0v) is 12.4. The Balaban J connectivity index is 1.92. The van der Waals surface area contributed by atoms with Crippen LogP contribution in [0.5, 0.6) is 0 Å². The first-order valence-electron chi connectivity index (χ1n) is 6.70. The SMILES string of the molecule is NC(=O)C1CCCN1CC(=O)Nc1ccc(C(N)=S)cc1. The molecule has 1 unspecified atom stereocenters. The topological polar surface area (TPSA) is 101 Å². The second-order valence-corrected chi connectivity index (χ2v) is 5.46. The van der Waals surface area contributed by atoms with E-state index >= 15 is 0 Å². The molecule has 1 aliphatic heterocycles. The maximum Gasteiger partial charge on any atom is 0.238 e. The minimum Gasteiger partial charge on any atom is -0.389 e. The van der Waals surface area contributed by atoms with Gasteiger partial charge < -0.3 is 16.8 Å². The van der Waals surface area contributed by atoms with E-state index in [0.29, 0.717) is 23.6 Å². The van der Waals surface area contributed by atoms with Crippen molar-refractivity contribution >= 4 is 34.7 Å². The van der Waals surface area contributed by atoms with E-state index in [1.807, 2.05) is 0 Å². The number of hydrogen-bond donors (Lipinski definition) is 3. The van der Waals surface area contributed by atoms with E-state index in [4.69, 9.17) is 23.7 Å². The average Bonchev–Trinajstić information content (AvgIpc) is 2.87. The van der Waals surface area contributed by atoms with Crippen LogP contribution in [0.25, 0.3) is 0 Å². The fourth-order valence-corrected chi connectivity index (χ4v) is 2.58. The molecule has 5 N–H and O–H groups in total. The van der Waals surface area contributed by atoms with Crippen molar-refractivity contribution in [3.63, 3.8) is 0 Å². The first-order valence-corrected chi connectivity index (χ1v) is 7.11. The second kappa shape index (κ2) is 6.64. The lowest BCUT2D eigenvalue weighted by molar-refractivity contribution is -0.123. The Labute approximate surface area is 128 Å². The molecule has 2 amide bonds. The van der Waals surface area contributed by atoms with Crippen LogP contribution in [-0.2, 0) is 9.59 Å². The maximum absolute atomic E-state index is 12.0. The highest BCUT2D eigenvalue weighted by Gasteiger charge is 2.30. The van der Waals surface area contributed by atoms with Crippen molar-refractivity contribution in [2.24, 2.45) is 11.5 Å². The highest BCUT2D eigenvalue weighted by molar-refractivity contribution is 7.80. The lowest BCUT2D eigenvalue weighted by Gasteiger charge is -2.21. The molecule has 1 fully saturated rings. The number of thiocarbonyl (C=S) groups is 1. The van der Waals surface area contributed by atoms with Crippen molar-refractivity contribution in [3.05, 3.63) is 29.8 Å². The number of primary amides is 1. The molecule has 1 heterocycles. The molecule has 21 heavy (non-hydrogen) atoms. The second-order valence-electron chi connectivity index (χ2n) is 5.02. The smallest absolute Gasteiger partial charge is 0.238 e. The van der Waals surface area contributed by atoms with Crippen molar-refractivity contribution < 1.29 is 9.59 Å². The van der Waals surface area contributed by atoms with Gasteiger partial charge in [-0.3, -0.25) is 14.5 Å². The Morgan fingerprint density at radius 3 is 2.52 bits per heavy atom. The van der Waals surface area contributed by atoms with Gasteiger partial charge in [0.2, 0.25) is 11.8 Å². The Hall–Kier alpha value is -1.99. The Morgan fingerprint density at radius 1 is 1.29 bits per heavy atom. The largest absolute Gasteiger partial charge is 0.389 e. The van der Waals surface area contributed by atoms with Crippen molar-refractivity contribution in [2.75, 3.05) is 18.4 Å². The fourth-order valence-electron chi connectivity index (χ4n) is 2.44. The van der Waals surface area contributed by atoms with Gasteiger partial charge in [0.05, 0.1) is 12.6 Å². The summed E-state index contributed by atoms with van der Waals surface area (Å²) in [5.74, 6) is -0.549. The predicted octanol–water partition coefficient (Wildman–Crippen LogP) is 0.209. The molecule has 1 saturated heterocycles. The summed E-state index contributed by atoms with van der Waals surface area (Å²) >= 11 is 4.87. The molecule has 0 radical (unpaired) electrons. The van der Waals surface area contributed by atoms with Crippen LogP contribution >= 0.6 is 12.2 Å². The van der Waals surface area contributed by atoms with Crippen LogP contribution in [0.15, 0.2) is 24.3 Å². The van der Waals surface area contributed by atoms with E-state index in [2.05, 4.69) is 5.32 Å². The van der Waals surface area contributed by atoms with Crippen LogP contribution < -0.4 is 16.8 Å². The van der Waals surface area contributed by atoms with Crippen LogP contribution in [0, 0.1) is 0 Å². The molecule has 0 aromatic heterocycles. The van der Waals surface area contributed by atoms with Crippen molar-refractivity contribution in [3.8, 4) is 0 Å². The minimum atomic E-state index is -0.374. The van der Waals surface area contributed by atoms with E-state index in [1.54, 1.807) is 29.2 Å². The highest BCUT2D eigenvalue weighted by atomic mass is 32.1. The summed E-state index contributed by atoms with van der Waals surface area (Å²) in [4.78, 5) is 25.4. The molecular weight excluding hydrogens is 288 g/mol. The molecule has 0 saturated carbocycles. The third-order valence-electron chi connectivity index (χ3n) is 3.49. The third-order valence-corrected chi connectivity index (χ3v) is 3.73. The lowest BCUT2D eigenvalue weighted by atomic mass is 10.2. The predicted molar refractivity (Wildman–Crippen MR) is 84.7 cm³/mol. The Kier molecular flexibility index (Phi) is 4.87. The molecule has 2 rings (SSSR count). The molecule has 1 aromatic carbocycles. The van der Waals surface area contributed by atoms with Crippen LogP contribution in [0.1, 0.15) is 18.4 Å². The molecular formula is C14H18N4O2S. The number of carbonyl (C=O) groups excluding carboxylic acids is 2. The van der Waals surface area contributed by atoms with Gasteiger partial charge in [0.1, 0.15) is 4.99 Å². The number of amides is 2. The number of nitrogens with two attached hydrogens (primary N) is 2. The van der Waals surface area contributed by atoms with Gasteiger partial charge in [-0.05, 0) is 43.7 Å². The van der Waals surface area contributed by atoms with Gasteiger partial charge in [-0.15, -0.1) is 0 Å². The quantitative estimate of drug-likeness (QED) is 0.675. The van der Waals surface area contributed by atoms with E-state index in [-0.39, 0.29) is 24.4 Å². The van der Waals surface area contributed by atoms with Crippen molar-refractivity contribution in [2.45, 2.75) is 18.9 Å². The summed E-state index contributed by atoms with van der Waals surface area (Å²) < 4.78 is 0. The molecule has 1 atom stereocenters. The van der Waals surface area contributed by atoms with Gasteiger partial charge in [0.15, 0.2) is 0 Å². The molecule has 0 aliphatic carbocycles. The van der Waals surface area contributed by atoms with E-state index in [1.165, 1.54) is 0 Å². The number of hydrogen-bond acceptors (Lipinski definition) is 4. The minimum absolute atomic E-state index is 0.157. The normalized spacial score (nSPS) is 18.4. The highest BCUT2D eigenvalue weighted by Crippen LogP contribution is 2.17. The first kappa shape index (κ1) is 15.4. The number of carbonyl (C=O) groups is 2. The summed E-state index contributed by atoms with van der Waals surface area (Å²) in [5.41, 5.74) is 12.2. The van der Waals surface area contributed by atoms with E-state index in [0.717, 1.165) is 12.0 Å². The number of benzene rings is 1. The van der Waals surface area contributed by atoms with Crippen LogP contribution in [0.4, 0.5) is 5.69 Å². The number of anilines is 1. The van der Waals surface area contributed by atoms with Gasteiger partial charge in [-0.1, -0.05) is 12.2 Å². The zero-order chi connectivity index (χ0) is 15.4. The number of nitrogens with zero attached hydrogens (tertiary/aromatic N) is 1. The Morgan fingerprint density at radius 2 is 1.95 bits per heavy atom. The van der Waals surface area contributed by atoms with Gasteiger partial charge in [0.25, 0.3) is 0 Å². The molecule has 0 spiro atoms. The monoisotopic (exact) mass is 306 g/mol. The fraction of sp³-hybridized carbons (Fsp3) is 0.357. The number of rotatable bonds is 5. The van der Waals surface area contributed by atoms with E-state index < -0.39 is 0 Å². The third kappa shape index (κ3) is 3.99. The molecule has 112 valence electrons. The maximum atomic E-state index is 12.0.